The Hall–Kier alpha value is -1.54. The third-order valence-corrected chi connectivity index (χ3v) is 4.29. The molecule has 0 radical (unpaired) electrons. The molecule has 1 aromatic carbocycles. The lowest BCUT2D eigenvalue weighted by atomic mass is 10.1. The molecule has 1 fully saturated rings. The van der Waals surface area contributed by atoms with Crippen LogP contribution in [-0.4, -0.2) is 26.9 Å². The predicted molar refractivity (Wildman–Crippen MR) is 62.7 cm³/mol. The molecular formula is C11H12F2N2O3S. The maximum absolute atomic E-state index is 13.4. The first-order valence-corrected chi connectivity index (χ1v) is 7.14. The molecule has 8 heteroatoms. The van der Waals surface area contributed by atoms with Gasteiger partial charge in [-0.15, -0.1) is 0 Å². The predicted octanol–water partition coefficient (Wildman–Crippen LogP) is 0.522. The second kappa shape index (κ2) is 5.22. The Morgan fingerprint density at radius 3 is 2.47 bits per heavy atom. The SMILES string of the molecule is O=C1NCCC[C@@H]1NS(=O)(=O)c1c(F)cccc1F. The van der Waals surface area contributed by atoms with Crippen LogP contribution in [0.2, 0.25) is 0 Å². The Kier molecular flexibility index (Phi) is 3.81. The number of hydrogen-bond acceptors (Lipinski definition) is 3. The number of carbonyl (C=O) groups is 1. The minimum Gasteiger partial charge on any atom is -0.355 e. The van der Waals surface area contributed by atoms with Crippen LogP contribution < -0.4 is 10.0 Å². The summed E-state index contributed by atoms with van der Waals surface area (Å²) in [6, 6.07) is 1.76. The molecule has 0 unspecified atom stereocenters. The van der Waals surface area contributed by atoms with E-state index in [-0.39, 0.29) is 0 Å². The highest BCUT2D eigenvalue weighted by atomic mass is 32.2. The molecule has 19 heavy (non-hydrogen) atoms. The summed E-state index contributed by atoms with van der Waals surface area (Å²) in [4.78, 5) is 10.4. The molecule has 5 nitrogen and oxygen atoms in total. The van der Waals surface area contributed by atoms with Gasteiger partial charge in [0.2, 0.25) is 15.9 Å². The molecule has 2 N–H and O–H groups in total. The third-order valence-electron chi connectivity index (χ3n) is 2.77. The number of benzene rings is 1. The van der Waals surface area contributed by atoms with Crippen LogP contribution in [-0.2, 0) is 14.8 Å². The van der Waals surface area contributed by atoms with Crippen LogP contribution in [0.25, 0.3) is 0 Å². The van der Waals surface area contributed by atoms with E-state index in [2.05, 4.69) is 5.32 Å². The summed E-state index contributed by atoms with van der Waals surface area (Å²) in [5.41, 5.74) is 0. The molecular weight excluding hydrogens is 278 g/mol. The summed E-state index contributed by atoms with van der Waals surface area (Å²) in [6.45, 7) is 0.463. The number of rotatable bonds is 3. The molecule has 1 heterocycles. The lowest BCUT2D eigenvalue weighted by Crippen LogP contribution is -2.50. The molecule has 0 aromatic heterocycles. The van der Waals surface area contributed by atoms with Crippen LogP contribution in [0.1, 0.15) is 12.8 Å². The number of hydrogen-bond donors (Lipinski definition) is 2. The molecule has 0 saturated carbocycles. The van der Waals surface area contributed by atoms with Crippen molar-refractivity contribution < 1.29 is 22.0 Å². The van der Waals surface area contributed by atoms with Gasteiger partial charge in [-0.25, -0.2) is 17.2 Å². The van der Waals surface area contributed by atoms with E-state index in [0.29, 0.717) is 19.4 Å². The summed E-state index contributed by atoms with van der Waals surface area (Å²) in [7, 11) is -4.41. The van der Waals surface area contributed by atoms with Gasteiger partial charge < -0.3 is 5.32 Å². The molecule has 1 atom stereocenters. The zero-order valence-corrected chi connectivity index (χ0v) is 10.6. The molecule has 0 bridgehead atoms. The first-order chi connectivity index (χ1) is 8.92. The Morgan fingerprint density at radius 2 is 1.89 bits per heavy atom. The summed E-state index contributed by atoms with van der Waals surface area (Å²) in [5.74, 6) is -2.88. The zero-order valence-electron chi connectivity index (χ0n) is 9.82. The van der Waals surface area contributed by atoms with Crippen LogP contribution in [0.5, 0.6) is 0 Å². The van der Waals surface area contributed by atoms with Gasteiger partial charge in [0.1, 0.15) is 17.7 Å². The largest absolute Gasteiger partial charge is 0.355 e. The summed E-state index contributed by atoms with van der Waals surface area (Å²) >= 11 is 0. The minimum atomic E-state index is -4.41. The van der Waals surface area contributed by atoms with Crippen molar-refractivity contribution in [1.29, 1.82) is 0 Å². The van der Waals surface area contributed by atoms with Gasteiger partial charge in [-0.05, 0) is 25.0 Å². The van der Waals surface area contributed by atoms with Gasteiger partial charge in [0.25, 0.3) is 0 Å². The molecule has 1 aromatic rings. The smallest absolute Gasteiger partial charge is 0.247 e. The van der Waals surface area contributed by atoms with Crippen molar-refractivity contribution in [2.45, 2.75) is 23.8 Å². The van der Waals surface area contributed by atoms with Crippen molar-refractivity contribution in [1.82, 2.24) is 10.0 Å². The zero-order chi connectivity index (χ0) is 14.0. The Bertz CT molecular complexity index is 584. The molecule has 104 valence electrons. The highest BCUT2D eigenvalue weighted by Crippen LogP contribution is 2.19. The number of halogens is 2. The van der Waals surface area contributed by atoms with E-state index in [1.807, 2.05) is 4.72 Å². The third kappa shape index (κ3) is 2.90. The fourth-order valence-electron chi connectivity index (χ4n) is 1.87. The maximum Gasteiger partial charge on any atom is 0.247 e. The van der Waals surface area contributed by atoms with Gasteiger partial charge >= 0.3 is 0 Å². The van der Waals surface area contributed by atoms with Crippen LogP contribution in [0, 0.1) is 11.6 Å². The van der Waals surface area contributed by atoms with Crippen LogP contribution >= 0.6 is 0 Å². The van der Waals surface area contributed by atoms with Gasteiger partial charge in [-0.1, -0.05) is 6.07 Å². The lowest BCUT2D eigenvalue weighted by Gasteiger charge is -2.22. The number of nitrogens with one attached hydrogen (secondary N) is 2. The number of piperidine rings is 1. The molecule has 0 spiro atoms. The van der Waals surface area contributed by atoms with Crippen molar-refractivity contribution in [2.75, 3.05) is 6.54 Å². The highest BCUT2D eigenvalue weighted by Gasteiger charge is 2.31. The van der Waals surface area contributed by atoms with Crippen LogP contribution in [0.3, 0.4) is 0 Å². The van der Waals surface area contributed by atoms with Crippen molar-refractivity contribution >= 4 is 15.9 Å². The Labute approximate surface area is 109 Å². The first kappa shape index (κ1) is 13.9. The first-order valence-electron chi connectivity index (χ1n) is 5.66. The molecule has 2 rings (SSSR count). The average molecular weight is 290 g/mol. The molecule has 0 aliphatic carbocycles. The van der Waals surface area contributed by atoms with Crippen LogP contribution in [0.15, 0.2) is 23.1 Å². The number of amides is 1. The topological polar surface area (TPSA) is 75.3 Å². The fourth-order valence-corrected chi connectivity index (χ4v) is 3.24. The maximum atomic E-state index is 13.4. The second-order valence-electron chi connectivity index (χ2n) is 4.16. The normalized spacial score (nSPS) is 20.1. The van der Waals surface area contributed by atoms with Crippen molar-refractivity contribution in [3.05, 3.63) is 29.8 Å². The second-order valence-corrected chi connectivity index (χ2v) is 5.81. The van der Waals surface area contributed by atoms with Gasteiger partial charge in [-0.2, -0.15) is 4.72 Å². The molecule has 1 saturated heterocycles. The molecule has 1 aliphatic rings. The van der Waals surface area contributed by atoms with Crippen molar-refractivity contribution in [2.24, 2.45) is 0 Å². The van der Waals surface area contributed by atoms with Gasteiger partial charge in [0.05, 0.1) is 0 Å². The number of sulfonamides is 1. The quantitative estimate of drug-likeness (QED) is 0.852. The average Bonchev–Trinajstić information content (AvgIpc) is 2.31. The standard InChI is InChI=1S/C11H12F2N2O3S/c12-7-3-1-4-8(13)10(7)19(17,18)15-9-5-2-6-14-11(9)16/h1,3-4,9,15H,2,5-6H2,(H,14,16)/t9-/m0/s1. The Balaban J connectivity index is 2.30. The molecule has 1 amide bonds. The monoisotopic (exact) mass is 290 g/mol. The summed E-state index contributed by atoms with van der Waals surface area (Å²) < 4.78 is 52.7. The highest BCUT2D eigenvalue weighted by molar-refractivity contribution is 7.89. The Morgan fingerprint density at radius 1 is 1.26 bits per heavy atom. The van der Waals surface area contributed by atoms with E-state index >= 15 is 0 Å². The fraction of sp³-hybridized carbons (Fsp3) is 0.364. The van der Waals surface area contributed by atoms with E-state index in [4.69, 9.17) is 0 Å². The minimum absolute atomic E-state index is 0.293. The van der Waals surface area contributed by atoms with E-state index in [9.17, 15) is 22.0 Å². The van der Waals surface area contributed by atoms with Gasteiger partial charge in [0.15, 0.2) is 4.90 Å². The van der Waals surface area contributed by atoms with Crippen LogP contribution in [0.4, 0.5) is 8.78 Å². The number of carbonyl (C=O) groups excluding carboxylic acids is 1. The molecule has 1 aliphatic heterocycles. The van der Waals surface area contributed by atoms with Crippen molar-refractivity contribution in [3.8, 4) is 0 Å². The van der Waals surface area contributed by atoms with Crippen molar-refractivity contribution in [3.63, 3.8) is 0 Å². The van der Waals surface area contributed by atoms with Gasteiger partial charge in [0, 0.05) is 6.54 Å². The van der Waals surface area contributed by atoms with E-state index in [0.717, 1.165) is 18.2 Å². The van der Waals surface area contributed by atoms with E-state index < -0.39 is 38.5 Å². The lowest BCUT2D eigenvalue weighted by molar-refractivity contribution is -0.124. The summed E-state index contributed by atoms with van der Waals surface area (Å²) in [6.07, 6.45) is 0.889. The van der Waals surface area contributed by atoms with E-state index in [1.54, 1.807) is 0 Å². The van der Waals surface area contributed by atoms with Gasteiger partial charge in [-0.3, -0.25) is 4.79 Å². The summed E-state index contributed by atoms with van der Waals surface area (Å²) in [5, 5.41) is 2.48. The van der Waals surface area contributed by atoms with E-state index in [1.165, 1.54) is 0 Å².